The van der Waals surface area contributed by atoms with Gasteiger partial charge in [-0.05, 0) is 84.8 Å². The quantitative estimate of drug-likeness (QED) is 0.240. The molecule has 3 unspecified atom stereocenters. The van der Waals surface area contributed by atoms with Gasteiger partial charge >= 0.3 is 11.8 Å². The molecule has 274 valence electrons. The van der Waals surface area contributed by atoms with Gasteiger partial charge in [0, 0.05) is 42.8 Å². The summed E-state index contributed by atoms with van der Waals surface area (Å²) in [6.45, 7) is 6.88. The number of allylic oxidation sites excluding steroid dienone is 1. The number of ether oxygens (including phenoxy) is 2. The maximum Gasteiger partial charge on any atom is 0.338 e. The zero-order valence-corrected chi connectivity index (χ0v) is 30.2. The second-order valence-electron chi connectivity index (χ2n) is 17.0. The Labute approximate surface area is 292 Å². The molecule has 2 aromatic rings. The number of hydrogen-bond donors (Lipinski definition) is 2. The number of fused-ring (bicyclic) bond motifs is 4. The van der Waals surface area contributed by atoms with Crippen LogP contribution in [0.1, 0.15) is 90.5 Å². The van der Waals surface area contributed by atoms with Crippen LogP contribution in [0.4, 0.5) is 17.6 Å². The third kappa shape index (κ3) is 5.43. The van der Waals surface area contributed by atoms with Gasteiger partial charge in [0.25, 0.3) is 0 Å². The van der Waals surface area contributed by atoms with Gasteiger partial charge < -0.3 is 19.7 Å². The highest BCUT2D eigenvalue weighted by Crippen LogP contribution is 2.71. The molecule has 2 aromatic carbocycles. The maximum atomic E-state index is 15.8. The monoisotopic (exact) mass is 720 g/mol. The van der Waals surface area contributed by atoms with E-state index in [0.29, 0.717) is 38.9 Å². The molecule has 50 heavy (non-hydrogen) atoms. The van der Waals surface area contributed by atoms with Crippen molar-refractivity contribution in [3.63, 3.8) is 0 Å². The number of alkyl halides is 4. The SMILES string of the molecule is CC1(C)COC2(CCC3=C4C(c5ccc(-c6ccc(S(C)(=O)=O)cc6)cc5)C[C@@]5(C)C(CC[C@@]5(O)C(F)(F)C(C)(F)F)C4CC[C@@]3(O)C2)OC1. The van der Waals surface area contributed by atoms with Crippen molar-refractivity contribution in [1.29, 1.82) is 0 Å². The minimum atomic E-state index is -4.66. The molecule has 1 aliphatic heterocycles. The fraction of sp³-hybridized carbons (Fsp3) is 0.641. The zero-order chi connectivity index (χ0) is 36.3. The van der Waals surface area contributed by atoms with Gasteiger partial charge in [0.15, 0.2) is 15.6 Å². The molecule has 1 heterocycles. The van der Waals surface area contributed by atoms with E-state index < -0.39 is 62.3 Å². The lowest BCUT2D eigenvalue weighted by Gasteiger charge is -2.59. The van der Waals surface area contributed by atoms with Crippen LogP contribution in [0.3, 0.4) is 0 Å². The van der Waals surface area contributed by atoms with E-state index in [1.165, 1.54) is 0 Å². The van der Waals surface area contributed by atoms with E-state index in [2.05, 4.69) is 13.8 Å². The number of sulfone groups is 1. The van der Waals surface area contributed by atoms with E-state index in [9.17, 15) is 27.4 Å². The third-order valence-electron chi connectivity index (χ3n) is 13.0. The summed E-state index contributed by atoms with van der Waals surface area (Å²) in [5.74, 6) is -11.3. The number of halogens is 4. The van der Waals surface area contributed by atoms with Gasteiger partial charge in [-0.3, -0.25) is 0 Å². The van der Waals surface area contributed by atoms with Crippen LogP contribution in [0.5, 0.6) is 0 Å². The Morgan fingerprint density at radius 2 is 1.42 bits per heavy atom. The van der Waals surface area contributed by atoms with Crippen LogP contribution in [0.15, 0.2) is 64.6 Å². The van der Waals surface area contributed by atoms with E-state index in [0.717, 1.165) is 34.1 Å². The van der Waals surface area contributed by atoms with E-state index >= 15 is 8.78 Å². The Balaban J connectivity index is 1.31. The molecule has 1 spiro atoms. The van der Waals surface area contributed by atoms with Crippen molar-refractivity contribution < 1.29 is 45.7 Å². The molecule has 0 amide bonds. The summed E-state index contributed by atoms with van der Waals surface area (Å²) in [7, 11) is -3.37. The lowest BCUT2D eigenvalue weighted by atomic mass is 9.49. The lowest BCUT2D eigenvalue weighted by Crippen LogP contribution is -2.66. The molecular formula is C39H48F4O6S. The molecule has 7 rings (SSSR count). The summed E-state index contributed by atoms with van der Waals surface area (Å²) >= 11 is 0. The Morgan fingerprint density at radius 3 is 1.98 bits per heavy atom. The first-order valence-corrected chi connectivity index (χ1v) is 19.6. The van der Waals surface area contributed by atoms with Crippen LogP contribution in [0.2, 0.25) is 0 Å². The fourth-order valence-electron chi connectivity index (χ4n) is 10.2. The molecule has 11 heteroatoms. The molecule has 4 fully saturated rings. The highest BCUT2D eigenvalue weighted by molar-refractivity contribution is 7.90. The molecule has 0 bridgehead atoms. The predicted molar refractivity (Wildman–Crippen MR) is 181 cm³/mol. The largest absolute Gasteiger partial charge is 0.385 e. The van der Waals surface area contributed by atoms with Crippen molar-refractivity contribution in [3.8, 4) is 11.1 Å². The summed E-state index contributed by atoms with van der Waals surface area (Å²) in [6, 6.07) is 14.1. The van der Waals surface area contributed by atoms with Gasteiger partial charge in [-0.1, -0.05) is 62.7 Å². The molecule has 0 radical (unpaired) electrons. The predicted octanol–water partition coefficient (Wildman–Crippen LogP) is 8.07. The average Bonchev–Trinajstić information content (AvgIpc) is 3.32. The first-order valence-electron chi connectivity index (χ1n) is 17.7. The van der Waals surface area contributed by atoms with Crippen molar-refractivity contribution in [1.82, 2.24) is 0 Å². The number of hydrogen-bond acceptors (Lipinski definition) is 6. The standard InChI is InChI=1S/C39H48F4O6S/c1-33(2)22-48-37(49-23-33)18-15-31-32-28(14-17-36(31,44)21-37)30-16-19-38(45,39(42,43)35(4,40)41)34(30,3)20-29(32)26-8-6-24(7-9-26)25-10-12-27(13-11-25)50(5,46)47/h6-13,28-30,44-45H,14-23H2,1-5H3/t28?,29?,30?,34-,36+,38-/m0/s1. The Morgan fingerprint density at radius 1 is 0.840 bits per heavy atom. The molecular weight excluding hydrogens is 672 g/mol. The Bertz CT molecular complexity index is 1790. The smallest absolute Gasteiger partial charge is 0.338 e. The fourth-order valence-corrected chi connectivity index (χ4v) is 10.9. The topological polar surface area (TPSA) is 93.1 Å². The highest BCUT2D eigenvalue weighted by atomic mass is 32.2. The number of rotatable bonds is 5. The van der Waals surface area contributed by atoms with E-state index in [4.69, 9.17) is 9.47 Å². The van der Waals surface area contributed by atoms with Crippen LogP contribution in [-0.2, 0) is 19.3 Å². The van der Waals surface area contributed by atoms with Crippen molar-refractivity contribution in [2.24, 2.45) is 22.7 Å². The lowest BCUT2D eigenvalue weighted by molar-refractivity contribution is -0.323. The van der Waals surface area contributed by atoms with Gasteiger partial charge in [-0.2, -0.15) is 8.78 Å². The van der Waals surface area contributed by atoms with Gasteiger partial charge in [-0.15, -0.1) is 0 Å². The number of aliphatic hydroxyl groups is 2. The van der Waals surface area contributed by atoms with Crippen LogP contribution >= 0.6 is 0 Å². The Kier molecular flexibility index (Phi) is 8.18. The summed E-state index contributed by atoms with van der Waals surface area (Å²) in [5.41, 5.74) is -1.63. The van der Waals surface area contributed by atoms with E-state index in [-0.39, 0.29) is 42.4 Å². The molecule has 6 nitrogen and oxygen atoms in total. The first-order chi connectivity index (χ1) is 23.1. The van der Waals surface area contributed by atoms with Crippen molar-refractivity contribution in [3.05, 3.63) is 65.2 Å². The van der Waals surface area contributed by atoms with E-state index in [1.807, 2.05) is 24.3 Å². The maximum absolute atomic E-state index is 15.8. The molecule has 4 aliphatic carbocycles. The van der Waals surface area contributed by atoms with Gasteiger partial charge in [0.05, 0.1) is 23.7 Å². The summed E-state index contributed by atoms with van der Waals surface area (Å²) in [4.78, 5) is 0.202. The first kappa shape index (κ1) is 36.1. The molecule has 0 aromatic heterocycles. The van der Waals surface area contributed by atoms with Crippen LogP contribution in [0, 0.1) is 22.7 Å². The van der Waals surface area contributed by atoms with Crippen LogP contribution in [0.25, 0.3) is 11.1 Å². The zero-order valence-electron chi connectivity index (χ0n) is 29.4. The highest BCUT2D eigenvalue weighted by Gasteiger charge is 2.77. The summed E-state index contributed by atoms with van der Waals surface area (Å²) in [6.07, 6.45) is 2.98. The van der Waals surface area contributed by atoms with Crippen LogP contribution in [-0.4, -0.2) is 66.9 Å². The molecule has 5 aliphatic rings. The minimum Gasteiger partial charge on any atom is -0.385 e. The van der Waals surface area contributed by atoms with Gasteiger partial charge in [0.1, 0.15) is 5.60 Å². The van der Waals surface area contributed by atoms with Crippen molar-refractivity contribution >= 4 is 9.84 Å². The Hall–Kier alpha value is -2.31. The van der Waals surface area contributed by atoms with Crippen LogP contribution < -0.4 is 0 Å². The number of benzene rings is 2. The summed E-state index contributed by atoms with van der Waals surface area (Å²) in [5, 5.41) is 24.3. The van der Waals surface area contributed by atoms with Crippen molar-refractivity contribution in [2.45, 2.75) is 119 Å². The summed E-state index contributed by atoms with van der Waals surface area (Å²) < 4.78 is 97.5. The second-order valence-corrected chi connectivity index (χ2v) is 19.0. The average molecular weight is 721 g/mol. The normalized spacial score (nSPS) is 35.4. The minimum absolute atomic E-state index is 0.0139. The molecule has 6 atom stereocenters. The van der Waals surface area contributed by atoms with Crippen molar-refractivity contribution in [2.75, 3.05) is 19.5 Å². The van der Waals surface area contributed by atoms with Gasteiger partial charge in [0.2, 0.25) is 0 Å². The molecule has 2 N–H and O–H groups in total. The van der Waals surface area contributed by atoms with Gasteiger partial charge in [-0.25, -0.2) is 17.2 Å². The molecule has 1 saturated heterocycles. The molecule has 3 saturated carbocycles. The van der Waals surface area contributed by atoms with E-state index in [1.54, 1.807) is 31.2 Å². The third-order valence-corrected chi connectivity index (χ3v) is 14.1. The second kappa shape index (κ2) is 11.3.